The summed E-state index contributed by atoms with van der Waals surface area (Å²) in [5.41, 5.74) is 2.11. The molecule has 1 saturated heterocycles. The van der Waals surface area contributed by atoms with Gasteiger partial charge in [-0.15, -0.1) is 0 Å². The highest BCUT2D eigenvalue weighted by Gasteiger charge is 2.27. The molecule has 1 aliphatic heterocycles. The molecule has 3 heterocycles. The normalized spacial score (nSPS) is 21.4. The fourth-order valence-electron chi connectivity index (χ4n) is 3.51. The van der Waals surface area contributed by atoms with Crippen molar-refractivity contribution in [2.45, 2.75) is 25.5 Å². The molecule has 26 heavy (non-hydrogen) atoms. The van der Waals surface area contributed by atoms with Gasteiger partial charge in [-0.05, 0) is 25.8 Å². The Kier molecular flexibility index (Phi) is 5.28. The minimum atomic E-state index is 0.295. The molecule has 0 N–H and O–H groups in total. The third-order valence-electron chi connectivity index (χ3n) is 5.09. The zero-order valence-corrected chi connectivity index (χ0v) is 15.7. The van der Waals surface area contributed by atoms with E-state index in [1.807, 2.05) is 25.6 Å². The van der Waals surface area contributed by atoms with E-state index in [0.29, 0.717) is 6.10 Å². The van der Waals surface area contributed by atoms with Gasteiger partial charge in [0.1, 0.15) is 0 Å². The van der Waals surface area contributed by atoms with Crippen LogP contribution in [0.1, 0.15) is 18.4 Å². The van der Waals surface area contributed by atoms with E-state index in [-0.39, 0.29) is 0 Å². The van der Waals surface area contributed by atoms with Gasteiger partial charge in [0.2, 0.25) is 0 Å². The first-order chi connectivity index (χ1) is 12.7. The molecule has 1 unspecified atom stereocenters. The minimum Gasteiger partial charge on any atom is -0.374 e. The standard InChI is InChI=1S/C19H28N6O/c1-23-5-6-26-18(13-23)14-25(10-15-3-4-15)11-16-7-20-19(21-8-16)17-9-22-24(2)12-17/h7-9,12,15,18H,3-6,10-11,13-14H2,1-2H3. The van der Waals surface area contributed by atoms with Gasteiger partial charge in [0.05, 0.1) is 24.5 Å². The number of ether oxygens (including phenoxy) is 1. The second-order valence-corrected chi connectivity index (χ2v) is 7.71. The molecule has 0 aromatic carbocycles. The third kappa shape index (κ3) is 4.66. The fourth-order valence-corrected chi connectivity index (χ4v) is 3.51. The van der Waals surface area contributed by atoms with E-state index in [1.54, 1.807) is 10.9 Å². The summed E-state index contributed by atoms with van der Waals surface area (Å²) >= 11 is 0. The molecular weight excluding hydrogens is 328 g/mol. The van der Waals surface area contributed by atoms with Crippen molar-refractivity contribution < 1.29 is 4.74 Å². The van der Waals surface area contributed by atoms with E-state index in [1.165, 1.54) is 12.8 Å². The lowest BCUT2D eigenvalue weighted by Crippen LogP contribution is -2.46. The molecule has 1 saturated carbocycles. The summed E-state index contributed by atoms with van der Waals surface area (Å²) in [4.78, 5) is 14.0. The second kappa shape index (κ2) is 7.82. The van der Waals surface area contributed by atoms with Gasteiger partial charge >= 0.3 is 0 Å². The van der Waals surface area contributed by atoms with Crippen LogP contribution in [0.2, 0.25) is 0 Å². The molecule has 4 rings (SSSR count). The largest absolute Gasteiger partial charge is 0.374 e. The lowest BCUT2D eigenvalue weighted by atomic mass is 10.2. The Morgan fingerprint density at radius 2 is 1.96 bits per heavy atom. The topological polar surface area (TPSA) is 59.3 Å². The molecule has 0 bridgehead atoms. The quantitative estimate of drug-likeness (QED) is 0.748. The Hall–Kier alpha value is -1.83. The molecule has 2 aromatic heterocycles. The Bertz CT molecular complexity index is 711. The summed E-state index contributed by atoms with van der Waals surface area (Å²) in [5.74, 6) is 1.58. The average Bonchev–Trinajstić information content (AvgIpc) is 3.33. The molecular formula is C19H28N6O. The third-order valence-corrected chi connectivity index (χ3v) is 5.09. The lowest BCUT2D eigenvalue weighted by molar-refractivity contribution is -0.0373. The van der Waals surface area contributed by atoms with Crippen LogP contribution in [0.25, 0.3) is 11.4 Å². The van der Waals surface area contributed by atoms with Crippen molar-refractivity contribution in [3.63, 3.8) is 0 Å². The monoisotopic (exact) mass is 356 g/mol. The fraction of sp³-hybridized carbons (Fsp3) is 0.632. The number of aryl methyl sites for hydroxylation is 1. The van der Waals surface area contributed by atoms with E-state index in [2.05, 4.69) is 31.9 Å². The van der Waals surface area contributed by atoms with Crippen molar-refractivity contribution >= 4 is 0 Å². The summed E-state index contributed by atoms with van der Waals surface area (Å²) < 4.78 is 7.74. The van der Waals surface area contributed by atoms with Gasteiger partial charge in [-0.25, -0.2) is 9.97 Å². The maximum absolute atomic E-state index is 5.97. The maximum Gasteiger partial charge on any atom is 0.162 e. The van der Waals surface area contributed by atoms with Crippen LogP contribution in [0.4, 0.5) is 0 Å². The van der Waals surface area contributed by atoms with Gasteiger partial charge in [0.25, 0.3) is 0 Å². The van der Waals surface area contributed by atoms with Crippen LogP contribution in [-0.4, -0.2) is 75.5 Å². The molecule has 2 aliphatic rings. The Balaban J connectivity index is 1.39. The van der Waals surface area contributed by atoms with Crippen molar-refractivity contribution in [3.05, 3.63) is 30.4 Å². The van der Waals surface area contributed by atoms with Crippen LogP contribution in [0, 0.1) is 5.92 Å². The second-order valence-electron chi connectivity index (χ2n) is 7.71. The number of hydrogen-bond acceptors (Lipinski definition) is 6. The van der Waals surface area contributed by atoms with Gasteiger partial charge in [0, 0.05) is 63.9 Å². The van der Waals surface area contributed by atoms with Gasteiger partial charge in [0.15, 0.2) is 5.82 Å². The number of morpholine rings is 1. The van der Waals surface area contributed by atoms with Gasteiger partial charge in [-0.3, -0.25) is 9.58 Å². The number of aromatic nitrogens is 4. The van der Waals surface area contributed by atoms with E-state index in [9.17, 15) is 0 Å². The summed E-state index contributed by atoms with van der Waals surface area (Å²) in [6.07, 6.45) is 10.6. The molecule has 0 amide bonds. The van der Waals surface area contributed by atoms with E-state index in [4.69, 9.17) is 4.74 Å². The van der Waals surface area contributed by atoms with Gasteiger partial charge in [-0.1, -0.05) is 0 Å². The summed E-state index contributed by atoms with van der Waals surface area (Å²) in [6.45, 7) is 5.88. The molecule has 2 fully saturated rings. The van der Waals surface area contributed by atoms with Crippen molar-refractivity contribution in [3.8, 4) is 11.4 Å². The molecule has 7 nitrogen and oxygen atoms in total. The Morgan fingerprint density at radius 1 is 1.15 bits per heavy atom. The molecule has 1 aliphatic carbocycles. The van der Waals surface area contributed by atoms with E-state index >= 15 is 0 Å². The first-order valence-corrected chi connectivity index (χ1v) is 9.48. The molecule has 2 aromatic rings. The Morgan fingerprint density at radius 3 is 2.62 bits per heavy atom. The number of rotatable bonds is 7. The highest BCUT2D eigenvalue weighted by atomic mass is 16.5. The summed E-state index contributed by atoms with van der Waals surface area (Å²) in [6, 6.07) is 0. The lowest BCUT2D eigenvalue weighted by Gasteiger charge is -2.34. The maximum atomic E-state index is 5.97. The molecule has 140 valence electrons. The number of nitrogens with zero attached hydrogens (tertiary/aromatic N) is 6. The highest BCUT2D eigenvalue weighted by Crippen LogP contribution is 2.30. The summed E-state index contributed by atoms with van der Waals surface area (Å²) in [5, 5.41) is 4.19. The van der Waals surface area contributed by atoms with Crippen molar-refractivity contribution in [2.24, 2.45) is 13.0 Å². The SMILES string of the molecule is CN1CCOC(CN(Cc2cnc(-c3cnn(C)c3)nc2)CC2CC2)C1. The van der Waals surface area contributed by atoms with E-state index in [0.717, 1.165) is 62.2 Å². The number of likely N-dealkylation sites (N-methyl/N-ethyl adjacent to an activating group) is 1. The van der Waals surface area contributed by atoms with Crippen molar-refractivity contribution in [1.29, 1.82) is 0 Å². The zero-order valence-electron chi connectivity index (χ0n) is 15.7. The van der Waals surface area contributed by atoms with Crippen LogP contribution in [-0.2, 0) is 18.3 Å². The van der Waals surface area contributed by atoms with Crippen molar-refractivity contribution in [1.82, 2.24) is 29.5 Å². The predicted molar refractivity (Wildman–Crippen MR) is 99.5 cm³/mol. The van der Waals surface area contributed by atoms with Gasteiger partial charge in [-0.2, -0.15) is 5.10 Å². The predicted octanol–water partition coefficient (Wildman–Crippen LogP) is 1.42. The summed E-state index contributed by atoms with van der Waals surface area (Å²) in [7, 11) is 4.07. The van der Waals surface area contributed by atoms with Crippen LogP contribution < -0.4 is 0 Å². The van der Waals surface area contributed by atoms with Crippen LogP contribution in [0.15, 0.2) is 24.8 Å². The average molecular weight is 356 g/mol. The number of hydrogen-bond donors (Lipinski definition) is 0. The highest BCUT2D eigenvalue weighted by molar-refractivity contribution is 5.51. The molecule has 0 radical (unpaired) electrons. The minimum absolute atomic E-state index is 0.295. The molecule has 7 heteroatoms. The first kappa shape index (κ1) is 17.6. The smallest absolute Gasteiger partial charge is 0.162 e. The van der Waals surface area contributed by atoms with E-state index < -0.39 is 0 Å². The first-order valence-electron chi connectivity index (χ1n) is 9.48. The van der Waals surface area contributed by atoms with Crippen LogP contribution in [0.3, 0.4) is 0 Å². The van der Waals surface area contributed by atoms with Gasteiger partial charge < -0.3 is 9.64 Å². The van der Waals surface area contributed by atoms with Crippen LogP contribution in [0.5, 0.6) is 0 Å². The van der Waals surface area contributed by atoms with Crippen LogP contribution >= 0.6 is 0 Å². The van der Waals surface area contributed by atoms with Crippen molar-refractivity contribution in [2.75, 3.05) is 39.8 Å². The molecule has 1 atom stereocenters. The molecule has 0 spiro atoms. The Labute approximate surface area is 155 Å². The zero-order chi connectivity index (χ0) is 17.9.